The fourth-order valence-corrected chi connectivity index (χ4v) is 2.76. The predicted molar refractivity (Wildman–Crippen MR) is 89.3 cm³/mol. The normalized spacial score (nSPS) is 20.1. The highest BCUT2D eigenvalue weighted by Gasteiger charge is 2.24. The van der Waals surface area contributed by atoms with Gasteiger partial charge < -0.3 is 14.5 Å². The van der Waals surface area contributed by atoms with Crippen LogP contribution in [0.25, 0.3) is 6.08 Å². The minimum Gasteiger partial charge on any atom is -0.472 e. The highest BCUT2D eigenvalue weighted by Crippen LogP contribution is 2.24. The molecule has 0 unspecified atom stereocenters. The number of carbonyl (C=O) groups is 1. The maximum Gasteiger partial charge on any atom is 0.251 e. The Morgan fingerprint density at radius 3 is 2.84 bits per heavy atom. The molecule has 7 nitrogen and oxygen atoms in total. The molecule has 2 heterocycles. The molecule has 0 radical (unpaired) electrons. The third-order valence-electron chi connectivity index (χ3n) is 4.01. The van der Waals surface area contributed by atoms with E-state index >= 15 is 0 Å². The van der Waals surface area contributed by atoms with Crippen molar-refractivity contribution in [3.63, 3.8) is 0 Å². The molecule has 0 aliphatic heterocycles. The van der Waals surface area contributed by atoms with Gasteiger partial charge in [0.25, 0.3) is 5.88 Å². The quantitative estimate of drug-likeness (QED) is 0.840. The van der Waals surface area contributed by atoms with E-state index in [1.807, 2.05) is 6.07 Å². The van der Waals surface area contributed by atoms with Crippen LogP contribution in [0.5, 0.6) is 5.88 Å². The summed E-state index contributed by atoms with van der Waals surface area (Å²) in [4.78, 5) is 19.9. The predicted octanol–water partition coefficient (Wildman–Crippen LogP) is 2.46. The summed E-state index contributed by atoms with van der Waals surface area (Å²) in [6.07, 6.45) is 10.8. The third-order valence-corrected chi connectivity index (χ3v) is 4.01. The lowest BCUT2D eigenvalue weighted by Gasteiger charge is -2.28. The first-order chi connectivity index (χ1) is 12.2. The average Bonchev–Trinajstić information content (AvgIpc) is 3.16. The van der Waals surface area contributed by atoms with Crippen LogP contribution in [0.2, 0.25) is 0 Å². The van der Waals surface area contributed by atoms with E-state index in [9.17, 15) is 4.79 Å². The molecule has 2 aromatic heterocycles. The molecule has 2 aromatic rings. The molecule has 0 bridgehead atoms. The van der Waals surface area contributed by atoms with Gasteiger partial charge in [0, 0.05) is 24.5 Å². The highest BCUT2D eigenvalue weighted by molar-refractivity contribution is 5.91. The van der Waals surface area contributed by atoms with Gasteiger partial charge in [-0.2, -0.15) is 5.26 Å². The van der Waals surface area contributed by atoms with Crippen LogP contribution >= 0.6 is 0 Å². The first-order valence-electron chi connectivity index (χ1n) is 8.14. The van der Waals surface area contributed by atoms with Crippen molar-refractivity contribution in [2.75, 3.05) is 0 Å². The Kier molecular flexibility index (Phi) is 5.42. The van der Waals surface area contributed by atoms with E-state index in [4.69, 9.17) is 14.4 Å². The molecule has 1 amide bonds. The van der Waals surface area contributed by atoms with Gasteiger partial charge in [0.15, 0.2) is 0 Å². The summed E-state index contributed by atoms with van der Waals surface area (Å²) >= 11 is 0. The number of aromatic nitrogens is 2. The number of ether oxygens (including phenoxy) is 1. The maximum absolute atomic E-state index is 11.9. The van der Waals surface area contributed by atoms with Crippen molar-refractivity contribution >= 4 is 12.0 Å². The Hall–Kier alpha value is -3.14. The molecule has 7 heteroatoms. The van der Waals surface area contributed by atoms with Gasteiger partial charge in [-0.05, 0) is 43.9 Å². The van der Waals surface area contributed by atoms with Gasteiger partial charge in [-0.25, -0.2) is 9.97 Å². The van der Waals surface area contributed by atoms with Gasteiger partial charge >= 0.3 is 0 Å². The lowest BCUT2D eigenvalue weighted by Crippen LogP contribution is -2.39. The van der Waals surface area contributed by atoms with E-state index in [2.05, 4.69) is 15.3 Å². The second-order valence-corrected chi connectivity index (χ2v) is 5.77. The average molecular weight is 338 g/mol. The third kappa shape index (κ3) is 4.67. The van der Waals surface area contributed by atoms with E-state index < -0.39 is 0 Å². The van der Waals surface area contributed by atoms with Crippen LogP contribution in [0.15, 0.2) is 41.3 Å². The molecule has 128 valence electrons. The van der Waals surface area contributed by atoms with E-state index in [1.54, 1.807) is 24.5 Å². The monoisotopic (exact) mass is 338 g/mol. The van der Waals surface area contributed by atoms with Gasteiger partial charge in [-0.3, -0.25) is 4.79 Å². The summed E-state index contributed by atoms with van der Waals surface area (Å²) in [5.74, 6) is 0.782. The van der Waals surface area contributed by atoms with Crippen LogP contribution in [0, 0.1) is 11.3 Å². The first-order valence-corrected chi connectivity index (χ1v) is 8.14. The van der Waals surface area contributed by atoms with Crippen LogP contribution < -0.4 is 10.1 Å². The molecule has 1 saturated carbocycles. The molecule has 1 fully saturated rings. The molecule has 0 atom stereocenters. The topological polar surface area (TPSA) is 101 Å². The fourth-order valence-electron chi connectivity index (χ4n) is 2.76. The van der Waals surface area contributed by atoms with E-state index in [0.29, 0.717) is 5.76 Å². The molecular weight excluding hydrogens is 320 g/mol. The lowest BCUT2D eigenvalue weighted by molar-refractivity contribution is -0.117. The largest absolute Gasteiger partial charge is 0.472 e. The molecule has 0 saturated heterocycles. The minimum atomic E-state index is -0.138. The van der Waals surface area contributed by atoms with Gasteiger partial charge in [0.2, 0.25) is 11.6 Å². The molecule has 0 spiro atoms. The van der Waals surface area contributed by atoms with Gasteiger partial charge in [0.05, 0.1) is 6.26 Å². The van der Waals surface area contributed by atoms with Crippen LogP contribution in [0.3, 0.4) is 0 Å². The summed E-state index contributed by atoms with van der Waals surface area (Å²) in [5.41, 5.74) is 0.195. The first kappa shape index (κ1) is 16.7. The number of furan rings is 1. The van der Waals surface area contributed by atoms with Crippen LogP contribution in [0.1, 0.15) is 37.1 Å². The van der Waals surface area contributed by atoms with Crippen molar-refractivity contribution < 1.29 is 13.9 Å². The highest BCUT2D eigenvalue weighted by atomic mass is 16.5. The maximum atomic E-state index is 11.9. The molecule has 25 heavy (non-hydrogen) atoms. The molecule has 1 aliphatic carbocycles. The van der Waals surface area contributed by atoms with Crippen LogP contribution in [-0.2, 0) is 4.79 Å². The summed E-state index contributed by atoms with van der Waals surface area (Å²) in [6.45, 7) is 0. The summed E-state index contributed by atoms with van der Waals surface area (Å²) in [7, 11) is 0. The summed E-state index contributed by atoms with van der Waals surface area (Å²) < 4.78 is 10.9. The van der Waals surface area contributed by atoms with Gasteiger partial charge in [-0.1, -0.05) is 0 Å². The SMILES string of the molecule is N#Cc1nccnc1OC1CCC(NC(=O)/C=C/c2ccco2)CC1. The zero-order chi connectivity index (χ0) is 17.5. The number of hydrogen-bond donors (Lipinski definition) is 1. The fraction of sp³-hybridized carbons (Fsp3) is 0.333. The number of nitriles is 1. The van der Waals surface area contributed by atoms with Crippen molar-refractivity contribution in [3.8, 4) is 11.9 Å². The Morgan fingerprint density at radius 2 is 2.12 bits per heavy atom. The Labute approximate surface area is 145 Å². The number of nitrogens with zero attached hydrogens (tertiary/aromatic N) is 3. The summed E-state index contributed by atoms with van der Waals surface area (Å²) in [5, 5.41) is 12.0. The van der Waals surface area contributed by atoms with Crippen LogP contribution in [0.4, 0.5) is 0 Å². The molecule has 1 aliphatic rings. The number of carbonyl (C=O) groups excluding carboxylic acids is 1. The Morgan fingerprint density at radius 1 is 1.32 bits per heavy atom. The second-order valence-electron chi connectivity index (χ2n) is 5.77. The number of amides is 1. The standard InChI is InChI=1S/C18H18N4O3/c19-12-16-18(21-10-9-20-16)25-15-5-3-13(4-6-15)22-17(23)8-7-14-2-1-11-24-14/h1-2,7-11,13,15H,3-6H2,(H,22,23)/b8-7+. The van der Waals surface area contributed by atoms with Gasteiger partial charge in [-0.15, -0.1) is 0 Å². The van der Waals surface area contributed by atoms with E-state index in [-0.39, 0.29) is 29.6 Å². The molecule has 3 rings (SSSR count). The zero-order valence-corrected chi connectivity index (χ0v) is 13.6. The lowest BCUT2D eigenvalue weighted by atomic mass is 9.93. The minimum absolute atomic E-state index is 0.0180. The Balaban J connectivity index is 1.45. The van der Waals surface area contributed by atoms with Crippen molar-refractivity contribution in [2.24, 2.45) is 0 Å². The van der Waals surface area contributed by atoms with Crippen LogP contribution in [-0.4, -0.2) is 28.0 Å². The molecule has 0 aromatic carbocycles. The van der Waals surface area contributed by atoms with Crippen molar-refractivity contribution in [1.82, 2.24) is 15.3 Å². The zero-order valence-electron chi connectivity index (χ0n) is 13.6. The van der Waals surface area contributed by atoms with Crippen molar-refractivity contribution in [1.29, 1.82) is 5.26 Å². The smallest absolute Gasteiger partial charge is 0.251 e. The van der Waals surface area contributed by atoms with E-state index in [1.165, 1.54) is 18.5 Å². The molecule has 1 N–H and O–H groups in total. The number of nitrogens with one attached hydrogen (secondary N) is 1. The summed E-state index contributed by atoms with van der Waals surface area (Å²) in [6, 6.07) is 5.65. The van der Waals surface area contributed by atoms with E-state index in [0.717, 1.165) is 25.7 Å². The van der Waals surface area contributed by atoms with Crippen molar-refractivity contribution in [3.05, 3.63) is 48.3 Å². The number of hydrogen-bond acceptors (Lipinski definition) is 6. The molecular formula is C18H18N4O3. The second kappa shape index (κ2) is 8.11. The Bertz CT molecular complexity index is 772. The van der Waals surface area contributed by atoms with Crippen molar-refractivity contribution in [2.45, 2.75) is 37.8 Å². The number of rotatable bonds is 5. The van der Waals surface area contributed by atoms with Gasteiger partial charge in [0.1, 0.15) is 17.9 Å².